The Hall–Kier alpha value is -4.82. The maximum Gasteiger partial charge on any atom is 0.254 e. The van der Waals surface area contributed by atoms with Gasteiger partial charge in [-0.05, 0) is 35.4 Å². The van der Waals surface area contributed by atoms with Gasteiger partial charge in [-0.3, -0.25) is 4.79 Å². The van der Waals surface area contributed by atoms with Gasteiger partial charge in [0.1, 0.15) is 16.9 Å². The Kier molecular flexibility index (Phi) is 7.20. The number of thiazole rings is 1. The number of rotatable bonds is 7. The first-order valence-corrected chi connectivity index (χ1v) is 15.0. The molecule has 7 rings (SSSR count). The topological polar surface area (TPSA) is 83.8 Å². The molecule has 3 aromatic heterocycles. The van der Waals surface area contributed by atoms with Gasteiger partial charge in [-0.25, -0.2) is 9.97 Å². The van der Waals surface area contributed by atoms with Crippen LogP contribution in [0.5, 0.6) is 0 Å². The molecule has 43 heavy (non-hydrogen) atoms. The lowest BCUT2D eigenvalue weighted by molar-refractivity contribution is 0.281. The van der Waals surface area contributed by atoms with Gasteiger partial charge in [0.25, 0.3) is 5.56 Å². The molecule has 0 aliphatic rings. The maximum atomic E-state index is 13.0. The lowest BCUT2D eigenvalue weighted by atomic mass is 9.94. The van der Waals surface area contributed by atoms with Crippen LogP contribution in [0.15, 0.2) is 126 Å². The van der Waals surface area contributed by atoms with Gasteiger partial charge in [0.15, 0.2) is 0 Å². The summed E-state index contributed by atoms with van der Waals surface area (Å²) in [5.74, 6) is 0.815. The highest BCUT2D eigenvalue weighted by molar-refractivity contribution is 7.10. The van der Waals surface area contributed by atoms with Crippen LogP contribution in [0.1, 0.15) is 22.2 Å². The van der Waals surface area contributed by atoms with Crippen LogP contribution < -0.4 is 5.56 Å². The third kappa shape index (κ3) is 5.08. The van der Waals surface area contributed by atoms with Crippen LogP contribution in [0.3, 0.4) is 0 Å². The number of aromatic nitrogens is 4. The summed E-state index contributed by atoms with van der Waals surface area (Å²) in [6.07, 6.45) is 3.78. The van der Waals surface area contributed by atoms with Gasteiger partial charge < -0.3 is 14.7 Å². The van der Waals surface area contributed by atoms with E-state index in [1.807, 2.05) is 85.1 Å². The first kappa shape index (κ1) is 27.0. The number of H-pyrrole nitrogens is 1. The van der Waals surface area contributed by atoms with E-state index in [-0.39, 0.29) is 17.2 Å². The number of imidazole rings is 1. The minimum absolute atomic E-state index is 0.289. The summed E-state index contributed by atoms with van der Waals surface area (Å²) >= 11 is 7.97. The third-order valence-electron chi connectivity index (χ3n) is 7.53. The summed E-state index contributed by atoms with van der Waals surface area (Å²) in [4.78, 5) is 25.9. The molecule has 0 aliphatic carbocycles. The summed E-state index contributed by atoms with van der Waals surface area (Å²) in [6.45, 7) is -0.409. The molecule has 210 valence electrons. The molecule has 0 aliphatic heterocycles. The first-order chi connectivity index (χ1) is 21.1. The summed E-state index contributed by atoms with van der Waals surface area (Å²) < 4.78 is 2.14. The average molecular weight is 601 g/mol. The molecule has 0 radical (unpaired) electrons. The Morgan fingerprint density at radius 2 is 1.63 bits per heavy atom. The number of hydrogen-bond donors (Lipinski definition) is 2. The molecule has 0 amide bonds. The van der Waals surface area contributed by atoms with Crippen molar-refractivity contribution < 1.29 is 5.11 Å². The molecule has 4 aromatic carbocycles. The van der Waals surface area contributed by atoms with Crippen molar-refractivity contribution in [1.29, 1.82) is 0 Å². The van der Waals surface area contributed by atoms with Crippen molar-refractivity contribution in [3.05, 3.63) is 152 Å². The second-order valence-electron chi connectivity index (χ2n) is 10.1. The third-order valence-corrected chi connectivity index (χ3v) is 8.66. The van der Waals surface area contributed by atoms with E-state index in [1.54, 1.807) is 23.6 Å². The van der Waals surface area contributed by atoms with Gasteiger partial charge in [0.05, 0.1) is 17.9 Å². The molecule has 0 saturated heterocycles. The Bertz CT molecular complexity index is 2120. The van der Waals surface area contributed by atoms with E-state index in [2.05, 4.69) is 33.1 Å². The maximum absolute atomic E-state index is 13.0. The Balaban J connectivity index is 1.48. The highest BCUT2D eigenvalue weighted by Gasteiger charge is 2.25. The zero-order valence-corrected chi connectivity index (χ0v) is 24.4. The van der Waals surface area contributed by atoms with Gasteiger partial charge in [-0.2, -0.15) is 0 Å². The Morgan fingerprint density at radius 1 is 0.884 bits per heavy atom. The van der Waals surface area contributed by atoms with Gasteiger partial charge in [0, 0.05) is 50.4 Å². The molecule has 0 saturated carbocycles. The summed E-state index contributed by atoms with van der Waals surface area (Å²) in [7, 11) is 0. The van der Waals surface area contributed by atoms with Crippen LogP contribution in [0.4, 0.5) is 0 Å². The molecule has 1 unspecified atom stereocenters. The largest absolute Gasteiger partial charge is 0.391 e. The van der Waals surface area contributed by atoms with Crippen LogP contribution in [0, 0.1) is 0 Å². The Morgan fingerprint density at radius 3 is 2.37 bits per heavy atom. The number of aliphatic hydroxyl groups is 1. The number of pyridine rings is 1. The quantitative estimate of drug-likeness (QED) is 0.194. The molecule has 8 heteroatoms. The summed E-state index contributed by atoms with van der Waals surface area (Å²) in [6, 6.07) is 33.2. The smallest absolute Gasteiger partial charge is 0.254 e. The number of fused-ring (bicyclic) bond motifs is 1. The number of aliphatic hydroxyl groups excluding tert-OH is 1. The minimum Gasteiger partial charge on any atom is -0.391 e. The highest BCUT2D eigenvalue weighted by Crippen LogP contribution is 2.38. The fourth-order valence-electron chi connectivity index (χ4n) is 5.56. The summed E-state index contributed by atoms with van der Waals surface area (Å²) in [5, 5.41) is 14.6. The van der Waals surface area contributed by atoms with Crippen molar-refractivity contribution in [2.24, 2.45) is 0 Å². The van der Waals surface area contributed by atoms with Gasteiger partial charge >= 0.3 is 0 Å². The number of benzene rings is 4. The van der Waals surface area contributed by atoms with E-state index in [0.29, 0.717) is 16.1 Å². The number of hydrogen-bond acceptors (Lipinski definition) is 5. The molecule has 7 aromatic rings. The van der Waals surface area contributed by atoms with E-state index in [1.165, 1.54) is 0 Å². The molecule has 0 spiro atoms. The van der Waals surface area contributed by atoms with E-state index in [0.717, 1.165) is 44.2 Å². The molecular formula is C35H25ClN4O2S. The monoisotopic (exact) mass is 600 g/mol. The van der Waals surface area contributed by atoms with E-state index < -0.39 is 6.61 Å². The van der Waals surface area contributed by atoms with Crippen molar-refractivity contribution in [3.63, 3.8) is 0 Å². The molecule has 3 heterocycles. The van der Waals surface area contributed by atoms with E-state index in [9.17, 15) is 9.90 Å². The van der Waals surface area contributed by atoms with Crippen LogP contribution in [0.25, 0.3) is 44.7 Å². The first-order valence-electron chi connectivity index (χ1n) is 13.8. The lowest BCUT2D eigenvalue weighted by Crippen LogP contribution is -2.16. The normalized spacial score (nSPS) is 12.0. The fraction of sp³-hybridized carbons (Fsp3) is 0.0571. The van der Waals surface area contributed by atoms with Crippen molar-refractivity contribution in [3.8, 4) is 33.8 Å². The second-order valence-corrected chi connectivity index (χ2v) is 11.5. The zero-order chi connectivity index (χ0) is 29.3. The average Bonchev–Trinajstić information content (AvgIpc) is 3.73. The van der Waals surface area contributed by atoms with E-state index >= 15 is 0 Å². The van der Waals surface area contributed by atoms with Crippen molar-refractivity contribution >= 4 is 33.8 Å². The van der Waals surface area contributed by atoms with Crippen molar-refractivity contribution in [1.82, 2.24) is 19.5 Å². The van der Waals surface area contributed by atoms with Gasteiger partial charge in [-0.1, -0.05) is 90.5 Å². The number of nitrogens with one attached hydrogen (secondary N) is 1. The number of aromatic amines is 1. The fourth-order valence-corrected chi connectivity index (χ4v) is 6.70. The van der Waals surface area contributed by atoms with Gasteiger partial charge in [-0.15, -0.1) is 11.3 Å². The number of halogens is 1. The van der Waals surface area contributed by atoms with Crippen LogP contribution in [-0.4, -0.2) is 24.6 Å². The summed E-state index contributed by atoms with van der Waals surface area (Å²) in [5.41, 5.74) is 5.93. The van der Waals surface area contributed by atoms with Crippen LogP contribution >= 0.6 is 22.9 Å². The van der Waals surface area contributed by atoms with Crippen molar-refractivity contribution in [2.75, 3.05) is 0 Å². The second kappa shape index (κ2) is 11.5. The Labute approximate surface area is 256 Å². The zero-order valence-electron chi connectivity index (χ0n) is 22.8. The standard InChI is InChI=1S/C35H25ClN4O2S/c36-26-13-7-12-24(18-26)31-27-19-25(14-15-29(27)38-34(42)28(31)20-41)32(35-39-30(21-43-35)22-8-3-1-4-9-22)40-17-16-37-33(40)23-10-5-2-6-11-23/h1-19,21,32,41H,20H2,(H,38,42). The number of nitrogens with zero attached hydrogens (tertiary/aromatic N) is 3. The van der Waals surface area contributed by atoms with Crippen molar-refractivity contribution in [2.45, 2.75) is 12.6 Å². The van der Waals surface area contributed by atoms with Crippen LogP contribution in [-0.2, 0) is 6.61 Å². The van der Waals surface area contributed by atoms with Gasteiger partial charge in [0.2, 0.25) is 0 Å². The SMILES string of the molecule is O=c1[nH]c2ccc(C(c3nc(-c4ccccc4)cs3)n3ccnc3-c3ccccc3)cc2c(-c2cccc(Cl)c2)c1CO. The molecule has 6 nitrogen and oxygen atoms in total. The predicted octanol–water partition coefficient (Wildman–Crippen LogP) is 7.97. The molecule has 0 fully saturated rings. The van der Waals surface area contributed by atoms with E-state index in [4.69, 9.17) is 21.6 Å². The molecule has 2 N–H and O–H groups in total. The molecular weight excluding hydrogens is 576 g/mol. The lowest BCUT2D eigenvalue weighted by Gasteiger charge is -2.21. The molecule has 1 atom stereocenters. The minimum atomic E-state index is -0.409. The molecule has 0 bridgehead atoms. The predicted molar refractivity (Wildman–Crippen MR) is 173 cm³/mol. The highest BCUT2D eigenvalue weighted by atomic mass is 35.5. The van der Waals surface area contributed by atoms with Crippen LogP contribution in [0.2, 0.25) is 5.02 Å².